The van der Waals surface area contributed by atoms with Crippen molar-refractivity contribution in [2.24, 2.45) is 0 Å². The number of aliphatic hydroxyl groups is 1. The SMILES string of the molecule is O=C(c1ccc(-n2ccnc2)cc1)N1CC[C@@H](O)C1. The lowest BCUT2D eigenvalue weighted by Crippen LogP contribution is -2.29. The van der Waals surface area contributed by atoms with E-state index in [1.54, 1.807) is 17.4 Å². The molecule has 5 heteroatoms. The summed E-state index contributed by atoms with van der Waals surface area (Å²) in [6.07, 6.45) is 5.57. The third-order valence-electron chi connectivity index (χ3n) is 3.37. The van der Waals surface area contributed by atoms with Gasteiger partial charge >= 0.3 is 0 Å². The van der Waals surface area contributed by atoms with Gasteiger partial charge in [0.25, 0.3) is 5.91 Å². The first-order valence-corrected chi connectivity index (χ1v) is 6.30. The van der Waals surface area contributed by atoms with Gasteiger partial charge in [0.05, 0.1) is 12.4 Å². The van der Waals surface area contributed by atoms with Gasteiger partial charge in [-0.1, -0.05) is 0 Å². The molecule has 3 rings (SSSR count). The van der Waals surface area contributed by atoms with E-state index in [1.807, 2.05) is 35.0 Å². The second kappa shape index (κ2) is 4.85. The first-order valence-electron chi connectivity index (χ1n) is 6.30. The Morgan fingerprint density at radius 3 is 2.68 bits per heavy atom. The van der Waals surface area contributed by atoms with Gasteiger partial charge in [0, 0.05) is 36.7 Å². The maximum absolute atomic E-state index is 12.2. The van der Waals surface area contributed by atoms with Crippen LogP contribution in [-0.2, 0) is 0 Å². The highest BCUT2D eigenvalue weighted by atomic mass is 16.3. The van der Waals surface area contributed by atoms with E-state index in [0.717, 1.165) is 5.69 Å². The minimum atomic E-state index is -0.380. The quantitative estimate of drug-likeness (QED) is 0.875. The predicted molar refractivity (Wildman–Crippen MR) is 70.1 cm³/mol. The van der Waals surface area contributed by atoms with Gasteiger partial charge in [-0.05, 0) is 30.7 Å². The summed E-state index contributed by atoms with van der Waals surface area (Å²) in [5.74, 6) is -0.0197. The van der Waals surface area contributed by atoms with Crippen molar-refractivity contribution in [3.05, 3.63) is 48.5 Å². The molecule has 1 saturated heterocycles. The van der Waals surface area contributed by atoms with Crippen molar-refractivity contribution in [3.63, 3.8) is 0 Å². The molecule has 1 aliphatic rings. The summed E-state index contributed by atoms with van der Waals surface area (Å²) in [4.78, 5) is 17.9. The van der Waals surface area contributed by atoms with E-state index in [-0.39, 0.29) is 12.0 Å². The molecule has 0 radical (unpaired) electrons. The zero-order chi connectivity index (χ0) is 13.2. The molecule has 0 spiro atoms. The molecule has 0 aliphatic carbocycles. The van der Waals surface area contributed by atoms with Gasteiger partial charge in [0.2, 0.25) is 0 Å². The topological polar surface area (TPSA) is 58.4 Å². The highest BCUT2D eigenvalue weighted by Crippen LogP contribution is 2.15. The molecule has 1 aromatic carbocycles. The van der Waals surface area contributed by atoms with Crippen molar-refractivity contribution in [2.45, 2.75) is 12.5 Å². The fraction of sp³-hybridized carbons (Fsp3) is 0.286. The molecule has 98 valence electrons. The molecule has 0 saturated carbocycles. The summed E-state index contributed by atoms with van der Waals surface area (Å²) in [5, 5.41) is 9.46. The van der Waals surface area contributed by atoms with Gasteiger partial charge < -0.3 is 14.6 Å². The van der Waals surface area contributed by atoms with Crippen LogP contribution in [-0.4, -0.2) is 44.7 Å². The molecule has 0 unspecified atom stereocenters. The highest BCUT2D eigenvalue weighted by Gasteiger charge is 2.25. The number of aromatic nitrogens is 2. The second-order valence-corrected chi connectivity index (χ2v) is 4.71. The van der Waals surface area contributed by atoms with Crippen LogP contribution in [0.15, 0.2) is 43.0 Å². The molecule has 1 aliphatic heterocycles. The van der Waals surface area contributed by atoms with Crippen molar-refractivity contribution < 1.29 is 9.90 Å². The molecule has 2 aromatic rings. The predicted octanol–water partition coefficient (Wildman–Crippen LogP) is 1.08. The molecule has 1 amide bonds. The Balaban J connectivity index is 1.77. The first-order chi connectivity index (χ1) is 9.24. The largest absolute Gasteiger partial charge is 0.391 e. The highest BCUT2D eigenvalue weighted by molar-refractivity contribution is 5.94. The third kappa shape index (κ3) is 2.37. The number of hydrogen-bond donors (Lipinski definition) is 1. The number of likely N-dealkylation sites (tertiary alicyclic amines) is 1. The van der Waals surface area contributed by atoms with Crippen LogP contribution >= 0.6 is 0 Å². The average Bonchev–Trinajstić information content (AvgIpc) is 3.09. The van der Waals surface area contributed by atoms with Crippen LogP contribution in [0.2, 0.25) is 0 Å². The lowest BCUT2D eigenvalue weighted by Gasteiger charge is -2.15. The molecule has 19 heavy (non-hydrogen) atoms. The average molecular weight is 257 g/mol. The van der Waals surface area contributed by atoms with E-state index in [2.05, 4.69) is 4.98 Å². The zero-order valence-corrected chi connectivity index (χ0v) is 10.4. The summed E-state index contributed by atoms with van der Waals surface area (Å²) in [5.41, 5.74) is 1.62. The number of benzene rings is 1. The van der Waals surface area contributed by atoms with Crippen molar-refractivity contribution in [1.82, 2.24) is 14.5 Å². The van der Waals surface area contributed by atoms with Crippen LogP contribution in [0.25, 0.3) is 5.69 Å². The fourth-order valence-corrected chi connectivity index (χ4v) is 2.30. The molecular weight excluding hydrogens is 242 g/mol. The van der Waals surface area contributed by atoms with Gasteiger partial charge in [-0.25, -0.2) is 4.98 Å². The summed E-state index contributed by atoms with van der Waals surface area (Å²) in [7, 11) is 0. The van der Waals surface area contributed by atoms with E-state index >= 15 is 0 Å². The fourth-order valence-electron chi connectivity index (χ4n) is 2.30. The van der Waals surface area contributed by atoms with Crippen LogP contribution in [0.3, 0.4) is 0 Å². The van der Waals surface area contributed by atoms with E-state index in [4.69, 9.17) is 0 Å². The number of carbonyl (C=O) groups is 1. The van der Waals surface area contributed by atoms with Crippen molar-refractivity contribution in [2.75, 3.05) is 13.1 Å². The van der Waals surface area contributed by atoms with Gasteiger partial charge in [0.15, 0.2) is 0 Å². The number of nitrogens with zero attached hydrogens (tertiary/aromatic N) is 3. The normalized spacial score (nSPS) is 18.8. The number of imidazole rings is 1. The van der Waals surface area contributed by atoms with E-state index in [9.17, 15) is 9.90 Å². The Morgan fingerprint density at radius 2 is 2.11 bits per heavy atom. The van der Waals surface area contributed by atoms with Gasteiger partial charge in [-0.2, -0.15) is 0 Å². The molecule has 1 N–H and O–H groups in total. The van der Waals surface area contributed by atoms with Gasteiger partial charge in [-0.15, -0.1) is 0 Å². The Bertz CT molecular complexity index is 563. The summed E-state index contributed by atoms with van der Waals surface area (Å²) < 4.78 is 1.88. The standard InChI is InChI=1S/C14H15N3O2/c18-13-5-7-16(9-13)14(19)11-1-3-12(4-2-11)17-8-6-15-10-17/h1-4,6,8,10,13,18H,5,7,9H2/t13-/m1/s1. The molecular formula is C14H15N3O2. The maximum atomic E-state index is 12.2. The number of hydrogen-bond acceptors (Lipinski definition) is 3. The molecule has 2 heterocycles. The molecule has 1 fully saturated rings. The minimum absolute atomic E-state index is 0.0197. The Labute approximate surface area is 111 Å². The summed E-state index contributed by atoms with van der Waals surface area (Å²) in [6, 6.07) is 7.40. The monoisotopic (exact) mass is 257 g/mol. The van der Waals surface area contributed by atoms with Crippen LogP contribution < -0.4 is 0 Å². The number of rotatable bonds is 2. The molecule has 1 atom stereocenters. The van der Waals surface area contributed by atoms with Crippen molar-refractivity contribution >= 4 is 5.91 Å². The van der Waals surface area contributed by atoms with Crippen LogP contribution in [0.1, 0.15) is 16.8 Å². The van der Waals surface area contributed by atoms with E-state index in [1.165, 1.54) is 0 Å². The Kier molecular flexibility index (Phi) is 3.05. The smallest absolute Gasteiger partial charge is 0.253 e. The van der Waals surface area contributed by atoms with E-state index in [0.29, 0.717) is 25.1 Å². The first kappa shape index (κ1) is 11.9. The third-order valence-corrected chi connectivity index (χ3v) is 3.37. The van der Waals surface area contributed by atoms with Crippen molar-refractivity contribution in [1.29, 1.82) is 0 Å². The van der Waals surface area contributed by atoms with E-state index < -0.39 is 0 Å². The Morgan fingerprint density at radius 1 is 1.32 bits per heavy atom. The van der Waals surface area contributed by atoms with Crippen LogP contribution in [0.5, 0.6) is 0 Å². The lowest BCUT2D eigenvalue weighted by atomic mass is 10.2. The number of aliphatic hydroxyl groups excluding tert-OH is 1. The van der Waals surface area contributed by atoms with Gasteiger partial charge in [0.1, 0.15) is 0 Å². The van der Waals surface area contributed by atoms with Gasteiger partial charge in [-0.3, -0.25) is 4.79 Å². The zero-order valence-electron chi connectivity index (χ0n) is 10.4. The van der Waals surface area contributed by atoms with Crippen molar-refractivity contribution in [3.8, 4) is 5.69 Å². The molecule has 0 bridgehead atoms. The molecule has 1 aromatic heterocycles. The number of carbonyl (C=O) groups excluding carboxylic acids is 1. The van der Waals surface area contributed by atoms with Crippen LogP contribution in [0, 0.1) is 0 Å². The summed E-state index contributed by atoms with van der Waals surface area (Å²) in [6.45, 7) is 1.06. The van der Waals surface area contributed by atoms with Crippen LogP contribution in [0.4, 0.5) is 0 Å². The Hall–Kier alpha value is -2.14. The lowest BCUT2D eigenvalue weighted by molar-refractivity contribution is 0.0765. The summed E-state index contributed by atoms with van der Waals surface area (Å²) >= 11 is 0. The number of β-amino-alcohol motifs (C(OH)–C–C–N with tert-alkyl or cyclic N) is 1. The molecule has 5 nitrogen and oxygen atoms in total. The minimum Gasteiger partial charge on any atom is -0.391 e. The number of amides is 1. The maximum Gasteiger partial charge on any atom is 0.253 e. The second-order valence-electron chi connectivity index (χ2n) is 4.71.